The molecule has 2 aliphatic rings. The van der Waals surface area contributed by atoms with E-state index in [1.54, 1.807) is 26.4 Å². The van der Waals surface area contributed by atoms with Gasteiger partial charge in [-0.15, -0.1) is 0 Å². The summed E-state index contributed by atoms with van der Waals surface area (Å²) in [4.78, 5) is 4.61. The molecule has 0 bridgehead atoms. The van der Waals surface area contributed by atoms with E-state index < -0.39 is 12.8 Å². The fourth-order valence-electron chi connectivity index (χ4n) is 4.46. The summed E-state index contributed by atoms with van der Waals surface area (Å²) in [5, 5.41) is 0. The van der Waals surface area contributed by atoms with Crippen LogP contribution in [0.1, 0.15) is 24.0 Å². The van der Waals surface area contributed by atoms with Crippen LogP contribution in [0.5, 0.6) is 17.2 Å². The quantitative estimate of drug-likeness (QED) is 0.594. The molecule has 1 saturated heterocycles. The Morgan fingerprint density at radius 2 is 1.76 bits per heavy atom. The van der Waals surface area contributed by atoms with Gasteiger partial charge in [-0.25, -0.2) is 0 Å². The summed E-state index contributed by atoms with van der Waals surface area (Å²) < 4.78 is 59.2. The van der Waals surface area contributed by atoms with Crippen LogP contribution in [0.4, 0.5) is 18.9 Å². The van der Waals surface area contributed by atoms with Gasteiger partial charge in [-0.2, -0.15) is 13.2 Å². The molecule has 0 N–H and O–H groups in total. The van der Waals surface area contributed by atoms with E-state index in [4.69, 9.17) is 18.9 Å². The number of rotatable bonds is 7. The molecule has 180 valence electrons. The van der Waals surface area contributed by atoms with Gasteiger partial charge in [-0.05, 0) is 54.3 Å². The van der Waals surface area contributed by atoms with Crippen LogP contribution in [0.25, 0.3) is 0 Å². The number of ether oxygens (including phenoxy) is 4. The largest absolute Gasteiger partial charge is 0.493 e. The van der Waals surface area contributed by atoms with E-state index in [-0.39, 0.29) is 5.75 Å². The minimum absolute atomic E-state index is 0.228. The lowest BCUT2D eigenvalue weighted by Gasteiger charge is -2.44. The topological polar surface area (TPSA) is 43.4 Å². The number of halogens is 3. The lowest BCUT2D eigenvalue weighted by Crippen LogP contribution is -2.49. The van der Waals surface area contributed by atoms with Crippen molar-refractivity contribution in [2.75, 3.05) is 45.6 Å². The Kier molecular flexibility index (Phi) is 7.19. The molecular weight excluding hydrogens is 437 g/mol. The highest BCUT2D eigenvalue weighted by atomic mass is 19.4. The van der Waals surface area contributed by atoms with Gasteiger partial charge in [-0.1, -0.05) is 6.07 Å². The summed E-state index contributed by atoms with van der Waals surface area (Å²) in [5.41, 5.74) is 3.06. The molecule has 0 radical (unpaired) electrons. The van der Waals surface area contributed by atoms with Crippen LogP contribution in [0.3, 0.4) is 0 Å². The van der Waals surface area contributed by atoms with Crippen molar-refractivity contribution in [2.45, 2.75) is 38.1 Å². The molecule has 4 rings (SSSR count). The van der Waals surface area contributed by atoms with Crippen molar-refractivity contribution in [3.05, 3.63) is 47.5 Å². The van der Waals surface area contributed by atoms with Crippen molar-refractivity contribution < 1.29 is 32.1 Å². The molecule has 0 amide bonds. The molecule has 0 unspecified atom stereocenters. The summed E-state index contributed by atoms with van der Waals surface area (Å²) in [6.45, 7) is 2.09. The maximum absolute atomic E-state index is 12.6. The first kappa shape index (κ1) is 23.5. The highest BCUT2D eigenvalue weighted by Crippen LogP contribution is 2.36. The van der Waals surface area contributed by atoms with Crippen LogP contribution < -0.4 is 19.1 Å². The fraction of sp³-hybridized carbons (Fsp3) is 0.500. The Morgan fingerprint density at radius 3 is 2.45 bits per heavy atom. The molecule has 33 heavy (non-hydrogen) atoms. The first-order valence-electron chi connectivity index (χ1n) is 11.0. The van der Waals surface area contributed by atoms with Crippen LogP contribution >= 0.6 is 0 Å². The molecule has 2 heterocycles. The number of hydrogen-bond donors (Lipinski definition) is 0. The molecule has 0 aromatic heterocycles. The van der Waals surface area contributed by atoms with Gasteiger partial charge in [0.15, 0.2) is 18.1 Å². The normalized spacial score (nSPS) is 17.5. The molecular formula is C24H29F3N2O4. The van der Waals surface area contributed by atoms with Crippen LogP contribution in [0.2, 0.25) is 0 Å². The van der Waals surface area contributed by atoms with E-state index in [0.717, 1.165) is 36.3 Å². The minimum Gasteiger partial charge on any atom is -0.493 e. The average molecular weight is 467 g/mol. The van der Waals surface area contributed by atoms with Gasteiger partial charge in [0, 0.05) is 38.0 Å². The molecule has 2 aromatic rings. The van der Waals surface area contributed by atoms with Gasteiger partial charge >= 0.3 is 6.18 Å². The van der Waals surface area contributed by atoms with Crippen molar-refractivity contribution in [1.29, 1.82) is 0 Å². The standard InChI is InChI=1S/C24H29F3N2O4/c1-30-22-6-3-17(11-23(22)31-2)13-28-14-18-12-20(33-15-24(25,26)27)4-5-21(18)29(16-28)19-7-9-32-10-8-19/h3-6,11-12,19H,7-10,13-16H2,1-2H3. The molecule has 9 heteroatoms. The zero-order valence-corrected chi connectivity index (χ0v) is 18.9. The lowest BCUT2D eigenvalue weighted by molar-refractivity contribution is -0.153. The number of fused-ring (bicyclic) bond motifs is 1. The molecule has 2 aromatic carbocycles. The second-order valence-electron chi connectivity index (χ2n) is 8.33. The Morgan fingerprint density at radius 1 is 1.00 bits per heavy atom. The summed E-state index contributed by atoms with van der Waals surface area (Å²) in [6, 6.07) is 11.4. The summed E-state index contributed by atoms with van der Waals surface area (Å²) in [6.07, 6.45) is -2.55. The van der Waals surface area contributed by atoms with Gasteiger partial charge in [0.05, 0.1) is 20.9 Å². The molecule has 0 saturated carbocycles. The molecule has 0 aliphatic carbocycles. The van der Waals surface area contributed by atoms with Crippen LogP contribution in [0.15, 0.2) is 36.4 Å². The molecule has 2 aliphatic heterocycles. The van der Waals surface area contributed by atoms with Crippen LogP contribution in [0, 0.1) is 0 Å². The monoisotopic (exact) mass is 466 g/mol. The van der Waals surface area contributed by atoms with Gasteiger partial charge in [0.25, 0.3) is 0 Å². The van der Waals surface area contributed by atoms with Gasteiger partial charge in [0.2, 0.25) is 0 Å². The van der Waals surface area contributed by atoms with E-state index in [9.17, 15) is 13.2 Å². The highest BCUT2D eigenvalue weighted by Gasteiger charge is 2.31. The average Bonchev–Trinajstić information content (AvgIpc) is 2.82. The van der Waals surface area contributed by atoms with E-state index in [1.807, 2.05) is 24.3 Å². The Hall–Kier alpha value is -2.65. The van der Waals surface area contributed by atoms with Crippen molar-refractivity contribution in [3.63, 3.8) is 0 Å². The number of benzene rings is 2. The van der Waals surface area contributed by atoms with E-state index in [2.05, 4.69) is 9.80 Å². The molecule has 0 spiro atoms. The number of anilines is 1. The third-order valence-electron chi connectivity index (χ3n) is 5.99. The van der Waals surface area contributed by atoms with Crippen molar-refractivity contribution in [3.8, 4) is 17.2 Å². The summed E-state index contributed by atoms with van der Waals surface area (Å²) >= 11 is 0. The van der Waals surface area contributed by atoms with Gasteiger partial charge in [0.1, 0.15) is 5.75 Å². The van der Waals surface area contributed by atoms with Crippen LogP contribution in [-0.4, -0.2) is 57.8 Å². The third-order valence-corrected chi connectivity index (χ3v) is 5.99. The Balaban J connectivity index is 1.58. The zero-order chi connectivity index (χ0) is 23.4. The van der Waals surface area contributed by atoms with Gasteiger partial charge in [-0.3, -0.25) is 4.90 Å². The maximum atomic E-state index is 12.6. The molecule has 0 atom stereocenters. The number of methoxy groups -OCH3 is 2. The second-order valence-corrected chi connectivity index (χ2v) is 8.33. The van der Waals surface area contributed by atoms with E-state index in [1.165, 1.54) is 0 Å². The fourth-order valence-corrected chi connectivity index (χ4v) is 4.46. The minimum atomic E-state index is -4.37. The third kappa shape index (κ3) is 5.83. The van der Waals surface area contributed by atoms with Crippen LogP contribution in [-0.2, 0) is 17.8 Å². The first-order valence-corrected chi connectivity index (χ1v) is 11.0. The predicted molar refractivity (Wildman–Crippen MR) is 118 cm³/mol. The lowest BCUT2D eigenvalue weighted by atomic mass is 10.0. The predicted octanol–water partition coefficient (Wildman–Crippen LogP) is 4.60. The Bertz CT molecular complexity index is 948. The molecule has 1 fully saturated rings. The second kappa shape index (κ2) is 10.1. The summed E-state index contributed by atoms with van der Waals surface area (Å²) in [7, 11) is 3.21. The summed E-state index contributed by atoms with van der Waals surface area (Å²) in [5.74, 6) is 1.56. The van der Waals surface area contributed by atoms with E-state index >= 15 is 0 Å². The van der Waals surface area contributed by atoms with Gasteiger partial charge < -0.3 is 23.8 Å². The SMILES string of the molecule is COc1ccc(CN2Cc3cc(OCC(F)(F)F)ccc3N(C3CCOCC3)C2)cc1OC. The van der Waals surface area contributed by atoms with Crippen molar-refractivity contribution >= 4 is 5.69 Å². The highest BCUT2D eigenvalue weighted by molar-refractivity contribution is 5.58. The smallest absolute Gasteiger partial charge is 0.422 e. The van der Waals surface area contributed by atoms with Crippen molar-refractivity contribution in [1.82, 2.24) is 4.90 Å². The first-order chi connectivity index (χ1) is 15.9. The Labute approximate surface area is 191 Å². The maximum Gasteiger partial charge on any atom is 0.422 e. The number of alkyl halides is 3. The number of nitrogens with zero attached hydrogens (tertiary/aromatic N) is 2. The van der Waals surface area contributed by atoms with Crippen molar-refractivity contribution in [2.24, 2.45) is 0 Å². The number of hydrogen-bond acceptors (Lipinski definition) is 6. The zero-order valence-electron chi connectivity index (χ0n) is 18.9. The molecule has 6 nitrogen and oxygen atoms in total. The van der Waals surface area contributed by atoms with E-state index in [0.29, 0.717) is 43.8 Å².